The second kappa shape index (κ2) is 9.13. The number of nitrogens with one attached hydrogen (secondary N) is 1. The first kappa shape index (κ1) is 24.4. The first-order valence-electron chi connectivity index (χ1n) is 11.8. The van der Waals surface area contributed by atoms with Crippen LogP contribution in [-0.4, -0.2) is 24.1 Å². The zero-order valence-corrected chi connectivity index (χ0v) is 23.1. The third-order valence-corrected chi connectivity index (χ3v) is 12.0. The Morgan fingerprint density at radius 3 is 2.47 bits per heavy atom. The molecule has 2 aliphatic carbocycles. The molecule has 1 amide bonds. The number of thioether (sulfide) groups is 1. The lowest BCUT2D eigenvalue weighted by atomic mass is 9.75. The van der Waals surface area contributed by atoms with Gasteiger partial charge in [0.1, 0.15) is 6.54 Å². The predicted molar refractivity (Wildman–Crippen MR) is 145 cm³/mol. The molecule has 0 unspecified atom stereocenters. The molecule has 2 fully saturated rings. The van der Waals surface area contributed by atoms with Crippen LogP contribution in [-0.2, 0) is 21.4 Å². The van der Waals surface area contributed by atoms with E-state index in [1.165, 1.54) is 60.4 Å². The van der Waals surface area contributed by atoms with Gasteiger partial charge in [-0.2, -0.15) is 0 Å². The highest BCUT2D eigenvalue weighted by molar-refractivity contribution is 9.10. The Labute approximate surface area is 225 Å². The Morgan fingerprint density at radius 1 is 1.08 bits per heavy atom. The van der Waals surface area contributed by atoms with E-state index in [-0.39, 0.29) is 28.1 Å². The van der Waals surface area contributed by atoms with Crippen LogP contribution in [0.25, 0.3) is 0 Å². The highest BCUT2D eigenvalue weighted by atomic mass is 79.9. The number of aromatic nitrogens is 1. The van der Waals surface area contributed by atoms with Crippen molar-refractivity contribution in [2.45, 2.75) is 46.9 Å². The largest absolute Gasteiger partial charge is 0.325 e. The van der Waals surface area contributed by atoms with Crippen molar-refractivity contribution >= 4 is 60.6 Å². The molecule has 6 rings (SSSR count). The summed E-state index contributed by atoms with van der Waals surface area (Å²) in [5.41, 5.74) is 1.67. The normalized spacial score (nSPS) is 26.4. The fourth-order valence-corrected chi connectivity index (χ4v) is 10.1. The van der Waals surface area contributed by atoms with Gasteiger partial charge in [0.05, 0.1) is 9.92 Å². The number of hydrogen-bond acceptors (Lipinski definition) is 6. The van der Waals surface area contributed by atoms with E-state index in [9.17, 15) is 18.0 Å². The van der Waals surface area contributed by atoms with Crippen molar-refractivity contribution in [2.75, 3.05) is 5.32 Å². The molecule has 3 aromatic rings. The smallest absolute Gasteiger partial charge is 0.308 e. The number of nitrogens with zero attached hydrogens (tertiary/aromatic N) is 1. The minimum atomic E-state index is -3.81. The van der Waals surface area contributed by atoms with E-state index < -0.39 is 10.0 Å². The highest BCUT2D eigenvalue weighted by Gasteiger charge is 2.55. The van der Waals surface area contributed by atoms with Crippen molar-refractivity contribution in [1.29, 1.82) is 0 Å². The summed E-state index contributed by atoms with van der Waals surface area (Å²) in [6, 6.07) is 14.1. The van der Waals surface area contributed by atoms with Gasteiger partial charge in [0.15, 0.2) is 0 Å². The Kier molecular flexibility index (Phi) is 6.19. The van der Waals surface area contributed by atoms with Crippen LogP contribution in [0.4, 0.5) is 5.69 Å². The molecule has 2 aromatic carbocycles. The number of halogens is 1. The van der Waals surface area contributed by atoms with Crippen LogP contribution >= 0.6 is 39.0 Å². The van der Waals surface area contributed by atoms with Gasteiger partial charge in [0, 0.05) is 26.2 Å². The standard InChI is InChI=1S/C25H24BrN3O4S3/c26-16-5-3-13(4-6-16)20-21-14-1-2-15(11-14)22(21)34-24-23(20)35-25(31)29(24)12-19(30)28-17-7-9-18(10-8-17)36(27,32)33/h3-10,14-15,20-22H,1-2,11-12H2,(H,28,30)(H2,27,32,33)/t14-,15-,20-,21-,22+/m0/s1. The van der Waals surface area contributed by atoms with Gasteiger partial charge in [0.2, 0.25) is 15.9 Å². The summed E-state index contributed by atoms with van der Waals surface area (Å²) in [6.45, 7) is -0.0901. The molecule has 3 aliphatic rings. The molecule has 0 radical (unpaired) electrons. The molecule has 1 aliphatic heterocycles. The number of sulfonamides is 1. The molecule has 5 atom stereocenters. The highest BCUT2D eigenvalue weighted by Crippen LogP contribution is 2.64. The first-order valence-corrected chi connectivity index (χ1v) is 15.8. The number of anilines is 1. The summed E-state index contributed by atoms with van der Waals surface area (Å²) < 4.78 is 25.6. The molecule has 0 saturated heterocycles. The van der Waals surface area contributed by atoms with E-state index in [1.54, 1.807) is 16.3 Å². The maximum Gasteiger partial charge on any atom is 0.308 e. The lowest BCUT2D eigenvalue weighted by Gasteiger charge is -2.40. The average Bonchev–Trinajstić information content (AvgIpc) is 3.53. The van der Waals surface area contributed by atoms with Gasteiger partial charge in [-0.15, -0.1) is 11.8 Å². The SMILES string of the molecule is NS(=O)(=O)c1ccc(NC(=O)Cn2c3c(sc2=O)[C@@H](c2ccc(Br)cc2)[C@@H]2[C@H]4CC[C@@H](C4)[C@H]2S3)cc1. The van der Waals surface area contributed by atoms with Crippen LogP contribution in [0.15, 0.2) is 67.7 Å². The number of nitrogens with two attached hydrogens (primary N) is 1. The predicted octanol–water partition coefficient (Wildman–Crippen LogP) is 4.61. The number of hydrogen-bond donors (Lipinski definition) is 2. The summed E-state index contributed by atoms with van der Waals surface area (Å²) in [5.74, 6) is 1.69. The molecule has 1 aromatic heterocycles. The first-order chi connectivity index (χ1) is 17.2. The lowest BCUT2D eigenvalue weighted by molar-refractivity contribution is -0.116. The zero-order chi connectivity index (χ0) is 25.2. The topological polar surface area (TPSA) is 111 Å². The molecule has 7 nitrogen and oxygen atoms in total. The number of thiazole rings is 1. The van der Waals surface area contributed by atoms with E-state index in [4.69, 9.17) is 5.14 Å². The molecular formula is C25H24BrN3O4S3. The van der Waals surface area contributed by atoms with Crippen LogP contribution in [0.1, 0.15) is 35.6 Å². The van der Waals surface area contributed by atoms with Crippen molar-refractivity contribution in [3.63, 3.8) is 0 Å². The quantitative estimate of drug-likeness (QED) is 0.441. The average molecular weight is 607 g/mol. The van der Waals surface area contributed by atoms with E-state index >= 15 is 0 Å². The third-order valence-electron chi connectivity index (χ3n) is 7.69. The number of benzene rings is 2. The lowest BCUT2D eigenvalue weighted by Crippen LogP contribution is -2.34. The number of primary sulfonamides is 1. The van der Waals surface area contributed by atoms with E-state index in [0.29, 0.717) is 28.7 Å². The molecule has 3 N–H and O–H groups in total. The zero-order valence-electron chi connectivity index (χ0n) is 19.1. The maximum atomic E-state index is 13.2. The summed E-state index contributed by atoms with van der Waals surface area (Å²) in [7, 11) is -3.81. The monoisotopic (exact) mass is 605 g/mol. The van der Waals surface area contributed by atoms with Gasteiger partial charge in [-0.25, -0.2) is 13.6 Å². The Morgan fingerprint density at radius 2 is 1.78 bits per heavy atom. The molecule has 2 heterocycles. The number of fused-ring (bicyclic) bond motifs is 6. The van der Waals surface area contributed by atoms with Crippen LogP contribution in [0, 0.1) is 17.8 Å². The number of carbonyl (C=O) groups excluding carboxylic acids is 1. The minimum absolute atomic E-state index is 0.0283. The van der Waals surface area contributed by atoms with Gasteiger partial charge in [-0.1, -0.05) is 39.4 Å². The molecule has 36 heavy (non-hydrogen) atoms. The van der Waals surface area contributed by atoms with Gasteiger partial charge >= 0.3 is 4.87 Å². The van der Waals surface area contributed by atoms with Crippen LogP contribution in [0.2, 0.25) is 0 Å². The molecule has 2 saturated carbocycles. The van der Waals surface area contributed by atoms with Crippen molar-refractivity contribution in [3.8, 4) is 0 Å². The van der Waals surface area contributed by atoms with Crippen molar-refractivity contribution in [1.82, 2.24) is 4.57 Å². The summed E-state index contributed by atoms with van der Waals surface area (Å²) >= 11 is 6.60. The second-order valence-corrected chi connectivity index (χ2v) is 14.4. The Bertz CT molecular complexity index is 1500. The van der Waals surface area contributed by atoms with Gasteiger partial charge in [0.25, 0.3) is 0 Å². The van der Waals surface area contributed by atoms with Crippen LogP contribution in [0.5, 0.6) is 0 Å². The van der Waals surface area contributed by atoms with Crippen molar-refractivity contribution in [3.05, 3.63) is 73.1 Å². The summed E-state index contributed by atoms with van der Waals surface area (Å²) in [6.07, 6.45) is 3.76. The molecule has 2 bridgehead atoms. The van der Waals surface area contributed by atoms with Gasteiger partial charge < -0.3 is 5.32 Å². The van der Waals surface area contributed by atoms with Gasteiger partial charge in [-0.3, -0.25) is 14.2 Å². The maximum absolute atomic E-state index is 13.2. The Balaban J connectivity index is 1.31. The summed E-state index contributed by atoms with van der Waals surface area (Å²) in [4.78, 5) is 27.0. The number of carbonyl (C=O) groups is 1. The number of amides is 1. The fraction of sp³-hybridized carbons (Fsp3) is 0.360. The molecule has 11 heteroatoms. The van der Waals surface area contributed by atoms with E-state index in [2.05, 4.69) is 45.5 Å². The van der Waals surface area contributed by atoms with Crippen LogP contribution in [0.3, 0.4) is 0 Å². The van der Waals surface area contributed by atoms with Crippen LogP contribution < -0.4 is 15.3 Å². The molecular weight excluding hydrogens is 582 g/mol. The van der Waals surface area contributed by atoms with E-state index in [0.717, 1.165) is 14.4 Å². The fourth-order valence-electron chi connectivity index (χ4n) is 6.20. The summed E-state index contributed by atoms with van der Waals surface area (Å²) in [5, 5.41) is 9.29. The Hall–Kier alpha value is -1.92. The third kappa shape index (κ3) is 4.28. The minimum Gasteiger partial charge on any atom is -0.325 e. The van der Waals surface area contributed by atoms with Gasteiger partial charge in [-0.05, 0) is 79.0 Å². The molecule has 0 spiro atoms. The molecule has 188 valence electrons. The number of rotatable bonds is 5. The van der Waals surface area contributed by atoms with Crippen molar-refractivity contribution < 1.29 is 13.2 Å². The second-order valence-electron chi connectivity index (χ2n) is 9.76. The van der Waals surface area contributed by atoms with Crippen molar-refractivity contribution in [2.24, 2.45) is 22.9 Å². The van der Waals surface area contributed by atoms with E-state index in [1.807, 2.05) is 0 Å².